The molecular weight excluding hydrogens is 366 g/mol. The Bertz CT molecular complexity index is 1110. The molecule has 0 unspecified atom stereocenters. The number of carbonyl (C=O) groups is 1. The van der Waals surface area contributed by atoms with Crippen molar-refractivity contribution in [1.29, 1.82) is 0 Å². The molecule has 2 aromatic heterocycles. The van der Waals surface area contributed by atoms with E-state index in [1.165, 1.54) is 0 Å². The van der Waals surface area contributed by atoms with Crippen LogP contribution in [-0.4, -0.2) is 45.3 Å². The van der Waals surface area contributed by atoms with Gasteiger partial charge in [0.25, 0.3) is 0 Å². The van der Waals surface area contributed by atoms with Crippen molar-refractivity contribution in [3.05, 3.63) is 77.1 Å². The number of aliphatic hydroxyl groups is 1. The first-order valence-electron chi connectivity index (χ1n) is 9.21. The van der Waals surface area contributed by atoms with Crippen LogP contribution < -0.4 is 4.90 Å². The number of aromatic nitrogens is 2. The second kappa shape index (κ2) is 7.74. The van der Waals surface area contributed by atoms with E-state index in [9.17, 15) is 15.0 Å². The fourth-order valence-electron chi connectivity index (χ4n) is 3.21. The molecule has 0 radical (unpaired) electrons. The number of β-amino-alcohol motifs (C(OH)–C–C–N with tert-alkyl or cyclic N) is 1. The highest BCUT2D eigenvalue weighted by Gasteiger charge is 2.29. The van der Waals surface area contributed by atoms with Gasteiger partial charge in [0.15, 0.2) is 0 Å². The maximum Gasteiger partial charge on any atom is 0.336 e. The molecular formula is C23H19N3O3. The summed E-state index contributed by atoms with van der Waals surface area (Å²) in [5.41, 5.74) is 3.88. The Hall–Kier alpha value is -3.69. The lowest BCUT2D eigenvalue weighted by molar-refractivity contribution is 0.0696. The van der Waals surface area contributed by atoms with Crippen molar-refractivity contribution in [2.45, 2.75) is 13.0 Å². The van der Waals surface area contributed by atoms with Gasteiger partial charge in [-0.15, -0.1) is 0 Å². The summed E-state index contributed by atoms with van der Waals surface area (Å²) in [6.07, 6.45) is 3.01. The summed E-state index contributed by atoms with van der Waals surface area (Å²) in [5, 5.41) is 19.2. The van der Waals surface area contributed by atoms with Crippen molar-refractivity contribution < 1.29 is 15.0 Å². The van der Waals surface area contributed by atoms with Crippen LogP contribution >= 0.6 is 0 Å². The number of hydrogen-bond acceptors (Lipinski definition) is 5. The fourth-order valence-corrected chi connectivity index (χ4v) is 3.21. The first kappa shape index (κ1) is 18.7. The Balaban J connectivity index is 1.66. The van der Waals surface area contributed by atoms with Gasteiger partial charge in [-0.25, -0.2) is 9.78 Å². The molecule has 0 bridgehead atoms. The van der Waals surface area contributed by atoms with E-state index in [0.717, 1.165) is 16.7 Å². The van der Waals surface area contributed by atoms with Crippen LogP contribution in [0, 0.1) is 18.8 Å². The Labute approximate surface area is 168 Å². The highest BCUT2D eigenvalue weighted by atomic mass is 16.4. The Kier molecular flexibility index (Phi) is 4.98. The van der Waals surface area contributed by atoms with E-state index in [2.05, 4.69) is 21.8 Å². The maximum atomic E-state index is 11.7. The monoisotopic (exact) mass is 385 g/mol. The van der Waals surface area contributed by atoms with Gasteiger partial charge in [-0.05, 0) is 37.3 Å². The summed E-state index contributed by atoms with van der Waals surface area (Å²) < 4.78 is 0. The van der Waals surface area contributed by atoms with Crippen LogP contribution in [0.3, 0.4) is 0 Å². The molecule has 0 amide bonds. The number of hydrogen-bond donors (Lipinski definition) is 2. The molecule has 1 aliphatic rings. The van der Waals surface area contributed by atoms with E-state index < -0.39 is 12.1 Å². The second-order valence-electron chi connectivity index (χ2n) is 6.94. The van der Waals surface area contributed by atoms with E-state index in [-0.39, 0.29) is 5.56 Å². The summed E-state index contributed by atoms with van der Waals surface area (Å²) in [4.78, 5) is 22.3. The molecule has 0 aliphatic carbocycles. The average molecular weight is 385 g/mol. The number of nitrogens with zero attached hydrogens (tertiary/aromatic N) is 3. The van der Waals surface area contributed by atoms with Crippen molar-refractivity contribution in [2.24, 2.45) is 0 Å². The summed E-state index contributed by atoms with van der Waals surface area (Å²) >= 11 is 0. The topological polar surface area (TPSA) is 86.5 Å². The highest BCUT2D eigenvalue weighted by Crippen LogP contribution is 2.30. The van der Waals surface area contributed by atoms with Gasteiger partial charge in [-0.2, -0.15) is 0 Å². The van der Waals surface area contributed by atoms with E-state index in [0.29, 0.717) is 30.2 Å². The smallest absolute Gasteiger partial charge is 0.336 e. The molecule has 4 rings (SSSR count). The number of benzene rings is 1. The normalized spacial score (nSPS) is 13.4. The third kappa shape index (κ3) is 3.96. The van der Waals surface area contributed by atoms with Gasteiger partial charge in [-0.1, -0.05) is 24.0 Å². The predicted molar refractivity (Wildman–Crippen MR) is 110 cm³/mol. The Morgan fingerprint density at radius 2 is 1.86 bits per heavy atom. The van der Waals surface area contributed by atoms with Crippen molar-refractivity contribution >= 4 is 11.8 Å². The summed E-state index contributed by atoms with van der Waals surface area (Å²) in [7, 11) is 0. The zero-order chi connectivity index (χ0) is 20.4. The number of aliphatic hydroxyl groups excluding tert-OH is 1. The molecule has 1 saturated heterocycles. The van der Waals surface area contributed by atoms with Crippen LogP contribution in [0.15, 0.2) is 54.9 Å². The zero-order valence-corrected chi connectivity index (χ0v) is 15.8. The minimum Gasteiger partial charge on any atom is -0.478 e. The molecule has 6 heteroatoms. The number of pyridine rings is 2. The van der Waals surface area contributed by atoms with Crippen LogP contribution in [-0.2, 0) is 0 Å². The largest absolute Gasteiger partial charge is 0.478 e. The molecule has 3 heterocycles. The first-order valence-corrected chi connectivity index (χ1v) is 9.21. The van der Waals surface area contributed by atoms with Gasteiger partial charge < -0.3 is 15.1 Å². The van der Waals surface area contributed by atoms with Crippen LogP contribution in [0.25, 0.3) is 11.3 Å². The first-order chi connectivity index (χ1) is 14.0. The lowest BCUT2D eigenvalue weighted by Crippen LogP contribution is -2.51. The number of rotatable bonds is 3. The molecule has 6 nitrogen and oxygen atoms in total. The van der Waals surface area contributed by atoms with Gasteiger partial charge in [-0.3, -0.25) is 4.98 Å². The molecule has 29 heavy (non-hydrogen) atoms. The van der Waals surface area contributed by atoms with E-state index in [1.807, 2.05) is 41.3 Å². The summed E-state index contributed by atoms with van der Waals surface area (Å²) in [6, 6.07) is 12.9. The number of carboxylic acids is 1. The molecule has 0 atom stereocenters. The molecule has 2 N–H and O–H groups in total. The molecule has 0 spiro atoms. The Morgan fingerprint density at radius 1 is 1.14 bits per heavy atom. The molecule has 1 aliphatic heterocycles. The SMILES string of the molecule is Cc1c(C(=O)O)cc(-c2ccc(C#Cc3cccnc3)cc2)nc1N1CC(O)C1. The van der Waals surface area contributed by atoms with Crippen LogP contribution in [0.2, 0.25) is 0 Å². The summed E-state index contributed by atoms with van der Waals surface area (Å²) in [5.74, 6) is 5.76. The lowest BCUT2D eigenvalue weighted by Gasteiger charge is -2.38. The standard InChI is InChI=1S/C23H19N3O3/c1-15-20(23(28)29)11-21(25-22(15)26-13-19(27)14-26)18-8-6-16(7-9-18)4-5-17-3-2-10-24-12-17/h2-3,6-12,19,27H,13-14H2,1H3,(H,28,29). The quantitative estimate of drug-likeness (QED) is 0.674. The van der Waals surface area contributed by atoms with Crippen molar-refractivity contribution in [1.82, 2.24) is 9.97 Å². The lowest BCUT2D eigenvalue weighted by atomic mass is 10.0. The molecule has 1 fully saturated rings. The van der Waals surface area contributed by atoms with Gasteiger partial charge in [0.1, 0.15) is 5.82 Å². The van der Waals surface area contributed by atoms with Crippen molar-refractivity contribution in [3.8, 4) is 23.1 Å². The third-order valence-corrected chi connectivity index (χ3v) is 4.83. The maximum absolute atomic E-state index is 11.7. The highest BCUT2D eigenvalue weighted by molar-refractivity contribution is 5.92. The van der Waals surface area contributed by atoms with Crippen molar-refractivity contribution in [2.75, 3.05) is 18.0 Å². The Morgan fingerprint density at radius 3 is 2.48 bits per heavy atom. The summed E-state index contributed by atoms with van der Waals surface area (Å²) in [6.45, 7) is 2.66. The molecule has 1 aromatic carbocycles. The van der Waals surface area contributed by atoms with Crippen LogP contribution in [0.4, 0.5) is 5.82 Å². The molecule has 3 aromatic rings. The predicted octanol–water partition coefficient (Wildman–Crippen LogP) is 2.73. The minimum absolute atomic E-state index is 0.215. The van der Waals surface area contributed by atoms with Gasteiger partial charge >= 0.3 is 5.97 Å². The third-order valence-electron chi connectivity index (χ3n) is 4.83. The minimum atomic E-state index is -0.993. The molecule has 0 saturated carbocycles. The zero-order valence-electron chi connectivity index (χ0n) is 15.8. The van der Waals surface area contributed by atoms with E-state index >= 15 is 0 Å². The number of carboxylic acid groups (broad SMARTS) is 1. The molecule has 144 valence electrons. The number of aromatic carboxylic acids is 1. The van der Waals surface area contributed by atoms with Gasteiger partial charge in [0.05, 0.1) is 17.4 Å². The average Bonchev–Trinajstić information content (AvgIpc) is 2.71. The van der Waals surface area contributed by atoms with Crippen molar-refractivity contribution in [3.63, 3.8) is 0 Å². The second-order valence-corrected chi connectivity index (χ2v) is 6.94. The van der Waals surface area contributed by atoms with Gasteiger partial charge in [0, 0.05) is 47.7 Å². The van der Waals surface area contributed by atoms with Crippen LogP contribution in [0.5, 0.6) is 0 Å². The van der Waals surface area contributed by atoms with Gasteiger partial charge in [0.2, 0.25) is 0 Å². The van der Waals surface area contributed by atoms with E-state index in [4.69, 9.17) is 0 Å². The van der Waals surface area contributed by atoms with E-state index in [1.54, 1.807) is 25.4 Å². The number of anilines is 1. The fraction of sp³-hybridized carbons (Fsp3) is 0.174. The van der Waals surface area contributed by atoms with Crippen LogP contribution in [0.1, 0.15) is 27.0 Å².